The van der Waals surface area contributed by atoms with Gasteiger partial charge in [-0.15, -0.1) is 0 Å². The Morgan fingerprint density at radius 2 is 2.19 bits per heavy atom. The normalized spacial score (nSPS) is 14.0. The molecule has 0 atom stereocenters. The highest BCUT2D eigenvalue weighted by molar-refractivity contribution is 9.10. The number of sulfonamides is 1. The molecule has 0 aliphatic carbocycles. The number of carbonyl (C=O) groups is 1. The molecule has 10 heteroatoms. The lowest BCUT2D eigenvalue weighted by Crippen LogP contribution is -2.24. The van der Waals surface area contributed by atoms with Crippen LogP contribution in [0.25, 0.3) is 0 Å². The van der Waals surface area contributed by atoms with Crippen LogP contribution in [-0.2, 0) is 27.8 Å². The summed E-state index contributed by atoms with van der Waals surface area (Å²) in [5, 5.41) is 8.88. The van der Waals surface area contributed by atoms with Gasteiger partial charge in [-0.2, -0.15) is 5.10 Å². The number of carbonyl (C=O) groups excluding carboxylic acids is 1. The van der Waals surface area contributed by atoms with Crippen molar-refractivity contribution in [3.8, 4) is 0 Å². The lowest BCUT2D eigenvalue weighted by atomic mass is 10.2. The molecule has 1 aliphatic rings. The van der Waals surface area contributed by atoms with E-state index in [1.807, 2.05) is 0 Å². The Bertz CT molecular complexity index is 804. The van der Waals surface area contributed by atoms with Crippen LogP contribution in [0.3, 0.4) is 0 Å². The number of benzene rings is 1. The molecule has 2 aromatic rings. The minimum absolute atomic E-state index is 0.00301. The summed E-state index contributed by atoms with van der Waals surface area (Å²) in [5.74, 6) is 0.258. The highest BCUT2D eigenvalue weighted by Crippen LogP contribution is 2.32. The maximum Gasteiger partial charge on any atom is 0.242 e. The summed E-state index contributed by atoms with van der Waals surface area (Å²) in [4.78, 5) is 15.3. The van der Waals surface area contributed by atoms with E-state index < -0.39 is 10.0 Å². The predicted molar refractivity (Wildman–Crippen MR) is 76.9 cm³/mol. The Morgan fingerprint density at radius 3 is 2.90 bits per heavy atom. The van der Waals surface area contributed by atoms with E-state index in [2.05, 4.69) is 41.2 Å². The van der Waals surface area contributed by atoms with E-state index in [4.69, 9.17) is 0 Å². The number of H-pyrrole nitrogens is 1. The van der Waals surface area contributed by atoms with Crippen molar-refractivity contribution < 1.29 is 13.2 Å². The van der Waals surface area contributed by atoms with E-state index in [1.165, 1.54) is 12.4 Å². The van der Waals surface area contributed by atoms with E-state index in [9.17, 15) is 13.2 Å². The first-order valence-electron chi connectivity index (χ1n) is 5.92. The van der Waals surface area contributed by atoms with Gasteiger partial charge in [0.2, 0.25) is 15.9 Å². The Morgan fingerprint density at radius 1 is 1.38 bits per heavy atom. The maximum atomic E-state index is 12.3. The Balaban J connectivity index is 1.89. The van der Waals surface area contributed by atoms with Crippen molar-refractivity contribution in [2.45, 2.75) is 17.9 Å². The molecule has 3 N–H and O–H groups in total. The highest BCUT2D eigenvalue weighted by atomic mass is 79.9. The average molecular weight is 372 g/mol. The third kappa shape index (κ3) is 2.82. The van der Waals surface area contributed by atoms with Crippen LogP contribution in [0.1, 0.15) is 11.4 Å². The molecule has 0 radical (unpaired) electrons. The highest BCUT2D eigenvalue weighted by Gasteiger charge is 2.24. The quantitative estimate of drug-likeness (QED) is 0.724. The SMILES string of the molecule is O=C1Cc2cc(S(=O)(=O)NCc3ncn[nH]3)c(Br)cc2N1. The molecule has 1 aromatic heterocycles. The lowest BCUT2D eigenvalue weighted by Gasteiger charge is -2.09. The fourth-order valence-electron chi connectivity index (χ4n) is 1.99. The Labute approximate surface area is 128 Å². The average Bonchev–Trinajstić information content (AvgIpc) is 3.03. The van der Waals surface area contributed by atoms with Gasteiger partial charge >= 0.3 is 0 Å². The molecule has 1 amide bonds. The van der Waals surface area contributed by atoms with Crippen LogP contribution >= 0.6 is 15.9 Å². The van der Waals surface area contributed by atoms with E-state index in [-0.39, 0.29) is 23.8 Å². The van der Waals surface area contributed by atoms with Gasteiger partial charge in [0.15, 0.2) is 0 Å². The van der Waals surface area contributed by atoms with E-state index in [0.29, 0.717) is 21.5 Å². The summed E-state index contributed by atoms with van der Waals surface area (Å²) in [6.45, 7) is 0.00301. The van der Waals surface area contributed by atoms with Crippen LogP contribution in [0, 0.1) is 0 Å². The van der Waals surface area contributed by atoms with Crippen LogP contribution in [0.2, 0.25) is 0 Å². The first-order chi connectivity index (χ1) is 9.95. The summed E-state index contributed by atoms with van der Waals surface area (Å²) in [6, 6.07) is 3.07. The second kappa shape index (κ2) is 5.20. The molecule has 0 spiro atoms. The minimum Gasteiger partial charge on any atom is -0.325 e. The summed E-state index contributed by atoms with van der Waals surface area (Å²) in [7, 11) is -3.73. The van der Waals surface area contributed by atoms with Crippen molar-refractivity contribution in [1.29, 1.82) is 0 Å². The zero-order valence-electron chi connectivity index (χ0n) is 10.6. The first kappa shape index (κ1) is 14.2. The van der Waals surface area contributed by atoms with Gasteiger partial charge in [0, 0.05) is 10.2 Å². The molecule has 110 valence electrons. The molecular weight excluding hydrogens is 362 g/mol. The molecule has 3 rings (SSSR count). The van der Waals surface area contributed by atoms with Crippen molar-refractivity contribution >= 4 is 37.5 Å². The fraction of sp³-hybridized carbons (Fsp3) is 0.182. The standard InChI is InChI=1S/C11H10BrN5O3S/c12-7-3-8-6(2-11(18)16-8)1-9(7)21(19,20)15-4-10-13-5-14-17-10/h1,3,5,15H,2,4H2,(H,16,18)(H,13,14,17). The number of hydrogen-bond donors (Lipinski definition) is 3. The molecule has 2 heterocycles. The van der Waals surface area contributed by atoms with Gasteiger partial charge in [-0.3, -0.25) is 9.89 Å². The number of fused-ring (bicyclic) bond motifs is 1. The van der Waals surface area contributed by atoms with E-state index in [1.54, 1.807) is 6.07 Å². The largest absolute Gasteiger partial charge is 0.325 e. The molecule has 8 nitrogen and oxygen atoms in total. The minimum atomic E-state index is -3.73. The van der Waals surface area contributed by atoms with Crippen molar-refractivity contribution in [2.24, 2.45) is 0 Å². The number of anilines is 1. The zero-order chi connectivity index (χ0) is 15.0. The molecule has 0 bridgehead atoms. The number of nitrogens with zero attached hydrogens (tertiary/aromatic N) is 2. The van der Waals surface area contributed by atoms with Gasteiger partial charge in [0.05, 0.1) is 17.9 Å². The lowest BCUT2D eigenvalue weighted by molar-refractivity contribution is -0.115. The Hall–Kier alpha value is -1.78. The van der Waals surface area contributed by atoms with Gasteiger partial charge in [0.1, 0.15) is 12.2 Å². The summed E-state index contributed by atoms with van der Waals surface area (Å²) in [5.41, 5.74) is 1.28. The summed E-state index contributed by atoms with van der Waals surface area (Å²) in [6.07, 6.45) is 1.47. The second-order valence-corrected chi connectivity index (χ2v) is 7.01. The molecular formula is C11H10BrN5O3S. The zero-order valence-corrected chi connectivity index (χ0v) is 13.0. The van der Waals surface area contributed by atoms with Crippen LogP contribution in [-0.4, -0.2) is 29.5 Å². The van der Waals surface area contributed by atoms with Crippen LogP contribution < -0.4 is 10.0 Å². The number of rotatable bonds is 4. The maximum absolute atomic E-state index is 12.3. The van der Waals surface area contributed by atoms with Crippen molar-refractivity contribution in [1.82, 2.24) is 19.9 Å². The molecule has 0 saturated carbocycles. The smallest absolute Gasteiger partial charge is 0.242 e. The molecule has 0 fully saturated rings. The van der Waals surface area contributed by atoms with Crippen LogP contribution in [0.15, 0.2) is 27.8 Å². The predicted octanol–water partition coefficient (Wildman–Crippen LogP) is 0.540. The van der Waals surface area contributed by atoms with Crippen LogP contribution in [0.4, 0.5) is 5.69 Å². The topological polar surface area (TPSA) is 117 Å². The monoisotopic (exact) mass is 371 g/mol. The van der Waals surface area contributed by atoms with Gasteiger partial charge in [-0.1, -0.05) is 0 Å². The summed E-state index contributed by atoms with van der Waals surface area (Å²) < 4.78 is 27.4. The first-order valence-corrected chi connectivity index (χ1v) is 8.19. The Kier molecular flexibility index (Phi) is 3.51. The third-order valence-corrected chi connectivity index (χ3v) is 5.33. The van der Waals surface area contributed by atoms with Gasteiger partial charge in [-0.25, -0.2) is 18.1 Å². The van der Waals surface area contributed by atoms with Gasteiger partial charge < -0.3 is 5.32 Å². The van der Waals surface area contributed by atoms with Crippen molar-refractivity contribution in [3.63, 3.8) is 0 Å². The van der Waals surface area contributed by atoms with Crippen molar-refractivity contribution in [2.75, 3.05) is 5.32 Å². The fourth-order valence-corrected chi connectivity index (χ4v) is 4.07. The van der Waals surface area contributed by atoms with Gasteiger partial charge in [0.25, 0.3) is 0 Å². The van der Waals surface area contributed by atoms with Gasteiger partial charge in [-0.05, 0) is 33.6 Å². The van der Waals surface area contributed by atoms with Crippen molar-refractivity contribution in [3.05, 3.63) is 34.3 Å². The third-order valence-electron chi connectivity index (χ3n) is 2.97. The van der Waals surface area contributed by atoms with E-state index >= 15 is 0 Å². The second-order valence-electron chi connectivity index (χ2n) is 4.42. The number of nitrogens with one attached hydrogen (secondary N) is 3. The molecule has 0 unspecified atom stereocenters. The molecule has 1 aliphatic heterocycles. The number of hydrogen-bond acceptors (Lipinski definition) is 5. The van der Waals surface area contributed by atoms with Crippen LogP contribution in [0.5, 0.6) is 0 Å². The molecule has 21 heavy (non-hydrogen) atoms. The number of aromatic amines is 1. The number of amides is 1. The number of halogens is 1. The van der Waals surface area contributed by atoms with E-state index in [0.717, 1.165) is 0 Å². The molecule has 1 aromatic carbocycles. The summed E-state index contributed by atoms with van der Waals surface area (Å²) >= 11 is 3.22. The number of aromatic nitrogens is 3. The molecule has 0 saturated heterocycles.